The van der Waals surface area contributed by atoms with Crippen LogP contribution in [0.4, 0.5) is 5.69 Å². The van der Waals surface area contributed by atoms with Crippen LogP contribution in [-0.2, 0) is 0 Å². The zero-order chi connectivity index (χ0) is 23.1. The van der Waals surface area contributed by atoms with Crippen LogP contribution >= 0.6 is 0 Å². The van der Waals surface area contributed by atoms with Crippen molar-refractivity contribution in [3.63, 3.8) is 0 Å². The van der Waals surface area contributed by atoms with E-state index in [0.717, 1.165) is 16.7 Å². The van der Waals surface area contributed by atoms with Gasteiger partial charge in [-0.25, -0.2) is 0 Å². The average molecular weight is 446 g/mol. The third-order valence-corrected chi connectivity index (χ3v) is 7.78. The first-order valence-corrected chi connectivity index (χ1v) is 12.5. The molecule has 1 heterocycles. The number of hydrogen-bond acceptors (Lipinski definition) is 2. The fourth-order valence-electron chi connectivity index (χ4n) is 5.70. The zero-order valence-electron chi connectivity index (χ0n) is 20.0. The van der Waals surface area contributed by atoms with Crippen molar-refractivity contribution in [2.75, 3.05) is 11.9 Å². The number of furan rings is 1. The summed E-state index contributed by atoms with van der Waals surface area (Å²) in [6.07, 6.45) is 5.03. The minimum absolute atomic E-state index is 0.603. The maximum Gasteiger partial charge on any atom is 0.143 e. The summed E-state index contributed by atoms with van der Waals surface area (Å²) in [7, 11) is 2.26. The van der Waals surface area contributed by atoms with Crippen LogP contribution in [0.3, 0.4) is 0 Å². The SMILES string of the molecule is Cc1ccc(C2CCC(N(C)c3ccc(-c4cccc5c4oc4ccccc45)cc3)CC2)cc1. The number of nitrogens with zero attached hydrogens (tertiary/aromatic N) is 1. The zero-order valence-corrected chi connectivity index (χ0v) is 20.0. The summed E-state index contributed by atoms with van der Waals surface area (Å²) in [6.45, 7) is 2.16. The Balaban J connectivity index is 1.19. The van der Waals surface area contributed by atoms with Gasteiger partial charge in [-0.2, -0.15) is 0 Å². The van der Waals surface area contributed by atoms with E-state index in [2.05, 4.69) is 97.7 Å². The molecule has 1 fully saturated rings. The minimum Gasteiger partial charge on any atom is -0.455 e. The summed E-state index contributed by atoms with van der Waals surface area (Å²) in [5.41, 5.74) is 8.42. The molecule has 34 heavy (non-hydrogen) atoms. The van der Waals surface area contributed by atoms with Crippen LogP contribution in [-0.4, -0.2) is 13.1 Å². The van der Waals surface area contributed by atoms with Gasteiger partial charge in [0.15, 0.2) is 0 Å². The Morgan fingerprint density at radius 2 is 1.41 bits per heavy atom. The van der Waals surface area contributed by atoms with E-state index in [9.17, 15) is 0 Å². The molecule has 0 spiro atoms. The Morgan fingerprint density at radius 3 is 2.18 bits per heavy atom. The van der Waals surface area contributed by atoms with E-state index in [-0.39, 0.29) is 0 Å². The molecule has 4 aromatic carbocycles. The smallest absolute Gasteiger partial charge is 0.143 e. The van der Waals surface area contributed by atoms with E-state index in [1.807, 2.05) is 12.1 Å². The van der Waals surface area contributed by atoms with Crippen LogP contribution in [0, 0.1) is 6.92 Å². The predicted molar refractivity (Wildman–Crippen MR) is 144 cm³/mol. The number of aryl methyl sites for hydroxylation is 1. The molecule has 0 radical (unpaired) electrons. The highest BCUT2D eigenvalue weighted by Gasteiger charge is 2.25. The Morgan fingerprint density at radius 1 is 0.706 bits per heavy atom. The molecule has 2 heteroatoms. The highest BCUT2D eigenvalue weighted by molar-refractivity contribution is 6.09. The summed E-state index contributed by atoms with van der Waals surface area (Å²) in [6, 6.07) is 33.5. The Labute approximate surface area is 201 Å². The Hall–Kier alpha value is -3.52. The van der Waals surface area contributed by atoms with Crippen LogP contribution in [0.1, 0.15) is 42.7 Å². The molecular weight excluding hydrogens is 414 g/mol. The second-order valence-electron chi connectivity index (χ2n) is 9.85. The molecule has 0 amide bonds. The number of benzene rings is 4. The van der Waals surface area contributed by atoms with E-state index in [4.69, 9.17) is 4.42 Å². The predicted octanol–water partition coefficient (Wildman–Crippen LogP) is 8.72. The first-order valence-electron chi connectivity index (χ1n) is 12.5. The van der Waals surface area contributed by atoms with E-state index in [1.54, 1.807) is 0 Å². The second kappa shape index (κ2) is 8.68. The largest absolute Gasteiger partial charge is 0.455 e. The third-order valence-electron chi connectivity index (χ3n) is 7.78. The third kappa shape index (κ3) is 3.77. The quantitative estimate of drug-likeness (QED) is 0.275. The van der Waals surface area contributed by atoms with Gasteiger partial charge >= 0.3 is 0 Å². The van der Waals surface area contributed by atoms with Crippen LogP contribution in [0.25, 0.3) is 33.1 Å². The second-order valence-corrected chi connectivity index (χ2v) is 9.85. The molecule has 1 aliphatic rings. The van der Waals surface area contributed by atoms with Gasteiger partial charge in [0.05, 0.1) is 0 Å². The summed E-state index contributed by atoms with van der Waals surface area (Å²) in [5, 5.41) is 2.36. The molecule has 1 aliphatic carbocycles. The lowest BCUT2D eigenvalue weighted by Gasteiger charge is -2.36. The molecule has 0 aliphatic heterocycles. The maximum atomic E-state index is 6.25. The highest BCUT2D eigenvalue weighted by atomic mass is 16.3. The van der Waals surface area contributed by atoms with Crippen LogP contribution in [0.2, 0.25) is 0 Å². The highest BCUT2D eigenvalue weighted by Crippen LogP contribution is 2.38. The molecule has 1 saturated carbocycles. The molecule has 0 unspecified atom stereocenters. The van der Waals surface area contributed by atoms with Crippen LogP contribution < -0.4 is 4.90 Å². The topological polar surface area (TPSA) is 16.4 Å². The van der Waals surface area contributed by atoms with Gasteiger partial charge in [-0.05, 0) is 67.9 Å². The molecule has 5 aromatic rings. The number of para-hydroxylation sites is 2. The van der Waals surface area contributed by atoms with Gasteiger partial charge in [-0.3, -0.25) is 0 Å². The molecule has 6 rings (SSSR count). The molecule has 170 valence electrons. The van der Waals surface area contributed by atoms with Crippen molar-refractivity contribution < 1.29 is 4.42 Å². The first-order chi connectivity index (χ1) is 16.7. The van der Waals surface area contributed by atoms with Gasteiger partial charge in [-0.1, -0.05) is 78.4 Å². The van der Waals surface area contributed by atoms with Gasteiger partial charge in [0.1, 0.15) is 11.2 Å². The van der Waals surface area contributed by atoms with E-state index < -0.39 is 0 Å². The lowest BCUT2D eigenvalue weighted by molar-refractivity contribution is 0.385. The summed E-state index contributed by atoms with van der Waals surface area (Å²) in [4.78, 5) is 2.48. The van der Waals surface area contributed by atoms with Gasteiger partial charge in [0.25, 0.3) is 0 Å². The average Bonchev–Trinajstić information content (AvgIpc) is 3.28. The van der Waals surface area contributed by atoms with E-state index in [1.165, 1.54) is 58.8 Å². The molecule has 0 atom stereocenters. The van der Waals surface area contributed by atoms with E-state index >= 15 is 0 Å². The van der Waals surface area contributed by atoms with Crippen molar-refractivity contribution in [2.24, 2.45) is 0 Å². The Bertz CT molecular complexity index is 1420. The summed E-state index contributed by atoms with van der Waals surface area (Å²) in [5.74, 6) is 0.705. The molecule has 1 aromatic heterocycles. The molecular formula is C32H31NO. The minimum atomic E-state index is 0.603. The molecule has 0 saturated heterocycles. The first kappa shape index (κ1) is 21.0. The van der Waals surface area contributed by atoms with Crippen molar-refractivity contribution in [3.8, 4) is 11.1 Å². The van der Waals surface area contributed by atoms with Gasteiger partial charge in [0.2, 0.25) is 0 Å². The summed E-state index contributed by atoms with van der Waals surface area (Å²) < 4.78 is 6.25. The van der Waals surface area contributed by atoms with Gasteiger partial charge < -0.3 is 9.32 Å². The van der Waals surface area contributed by atoms with Crippen molar-refractivity contribution in [1.82, 2.24) is 0 Å². The van der Waals surface area contributed by atoms with Crippen molar-refractivity contribution in [3.05, 3.63) is 102 Å². The van der Waals surface area contributed by atoms with E-state index in [0.29, 0.717) is 12.0 Å². The lowest BCUT2D eigenvalue weighted by Crippen LogP contribution is -2.34. The monoisotopic (exact) mass is 445 g/mol. The number of hydrogen-bond donors (Lipinski definition) is 0. The van der Waals surface area contributed by atoms with Crippen molar-refractivity contribution >= 4 is 27.6 Å². The van der Waals surface area contributed by atoms with Crippen molar-refractivity contribution in [2.45, 2.75) is 44.6 Å². The molecule has 0 bridgehead atoms. The normalized spacial score (nSPS) is 18.4. The van der Waals surface area contributed by atoms with Crippen LogP contribution in [0.5, 0.6) is 0 Å². The van der Waals surface area contributed by atoms with Gasteiger partial charge in [-0.15, -0.1) is 0 Å². The fraction of sp³-hybridized carbons (Fsp3) is 0.250. The number of rotatable bonds is 4. The number of fused-ring (bicyclic) bond motifs is 3. The maximum absolute atomic E-state index is 6.25. The lowest BCUT2D eigenvalue weighted by atomic mass is 9.81. The van der Waals surface area contributed by atoms with Crippen LogP contribution in [0.15, 0.2) is 95.4 Å². The molecule has 2 nitrogen and oxygen atoms in total. The van der Waals surface area contributed by atoms with Gasteiger partial charge in [0, 0.05) is 35.1 Å². The number of anilines is 1. The standard InChI is InChI=1S/C32H31NO/c1-22-10-12-23(13-11-22)24-14-18-26(19-15-24)33(2)27-20-16-25(17-21-27)28-7-5-8-30-29-6-3-4-9-31(29)34-32(28)30/h3-13,16-17,20-21,24,26H,14-15,18-19H2,1-2H3. The fourth-order valence-corrected chi connectivity index (χ4v) is 5.70. The van der Waals surface area contributed by atoms with Crippen molar-refractivity contribution in [1.29, 1.82) is 0 Å². The summed E-state index contributed by atoms with van der Waals surface area (Å²) >= 11 is 0. The molecule has 0 N–H and O–H groups in total. The Kier molecular flexibility index (Phi) is 5.37.